The number of halogens is 3. The molecular weight excluding hydrogens is 281 g/mol. The predicted octanol–water partition coefficient (Wildman–Crippen LogP) is 3.75. The van der Waals surface area contributed by atoms with E-state index in [1.165, 1.54) is 12.1 Å². The molecule has 0 radical (unpaired) electrons. The van der Waals surface area contributed by atoms with Crippen molar-refractivity contribution in [2.45, 2.75) is 0 Å². The van der Waals surface area contributed by atoms with Crippen molar-refractivity contribution < 1.29 is 4.39 Å². The summed E-state index contributed by atoms with van der Waals surface area (Å²) < 4.78 is 13.2. The summed E-state index contributed by atoms with van der Waals surface area (Å²) in [5.41, 5.74) is 0.173. The van der Waals surface area contributed by atoms with Crippen LogP contribution in [-0.2, 0) is 0 Å². The fourth-order valence-corrected chi connectivity index (χ4v) is 1.90. The molecule has 2 nitrogen and oxygen atoms in total. The van der Waals surface area contributed by atoms with Gasteiger partial charge in [0.2, 0.25) is 0 Å². The molecule has 0 atom stereocenters. The molecule has 0 aromatic heterocycles. The summed E-state index contributed by atoms with van der Waals surface area (Å²) >= 11 is 5.99. The van der Waals surface area contributed by atoms with Crippen LogP contribution in [0.15, 0.2) is 26.3 Å². The van der Waals surface area contributed by atoms with Crippen molar-refractivity contribution in [2.24, 2.45) is 5.18 Å². The monoisotopic (exact) mass is 281 g/mol. The smallest absolute Gasteiger partial charge is 0.136 e. The molecule has 1 aromatic carbocycles. The Morgan fingerprint density at radius 3 is 2.09 bits per heavy atom. The molecule has 0 aliphatic carbocycles. The molecule has 0 N–H and O–H groups in total. The van der Waals surface area contributed by atoms with Crippen LogP contribution in [0.1, 0.15) is 0 Å². The Hall–Kier alpha value is -0.290. The lowest BCUT2D eigenvalue weighted by molar-refractivity contribution is 0.626. The van der Waals surface area contributed by atoms with Crippen LogP contribution in [0.3, 0.4) is 0 Å². The molecule has 58 valence electrons. The Morgan fingerprint density at radius 2 is 1.73 bits per heavy atom. The van der Waals surface area contributed by atoms with Gasteiger partial charge in [0.05, 0.1) is 8.95 Å². The highest BCUT2D eigenvalue weighted by Gasteiger charge is 2.06. The van der Waals surface area contributed by atoms with E-state index >= 15 is 0 Å². The topological polar surface area (TPSA) is 29.4 Å². The Kier molecular flexibility index (Phi) is 2.72. The van der Waals surface area contributed by atoms with Gasteiger partial charge >= 0.3 is 0 Å². The van der Waals surface area contributed by atoms with Gasteiger partial charge in [-0.1, -0.05) is 0 Å². The number of hydrogen-bond acceptors (Lipinski definition) is 2. The molecular formula is C6H2Br2FNO. The van der Waals surface area contributed by atoms with Crippen molar-refractivity contribution in [3.63, 3.8) is 0 Å². The van der Waals surface area contributed by atoms with E-state index in [-0.39, 0.29) is 5.69 Å². The summed E-state index contributed by atoms with van der Waals surface area (Å²) in [7, 11) is 0. The summed E-state index contributed by atoms with van der Waals surface area (Å²) in [4.78, 5) is 10.1. The van der Waals surface area contributed by atoms with Gasteiger partial charge in [-0.15, -0.1) is 4.91 Å². The zero-order valence-corrected chi connectivity index (χ0v) is 8.32. The summed E-state index contributed by atoms with van der Waals surface area (Å²) in [6.45, 7) is 0. The minimum absolute atomic E-state index is 0.173. The second kappa shape index (κ2) is 3.40. The van der Waals surface area contributed by atoms with E-state index in [1.54, 1.807) is 0 Å². The van der Waals surface area contributed by atoms with Crippen LogP contribution in [0.25, 0.3) is 0 Å². The Bertz CT molecular complexity index is 280. The predicted molar refractivity (Wildman–Crippen MR) is 47.3 cm³/mol. The molecule has 0 bridgehead atoms. The van der Waals surface area contributed by atoms with Crippen LogP contribution in [0.4, 0.5) is 10.1 Å². The maximum Gasteiger partial charge on any atom is 0.136 e. The van der Waals surface area contributed by atoms with Crippen LogP contribution in [0.5, 0.6) is 0 Å². The standard InChI is InChI=1S/C6H2Br2FNO/c7-4-1-3(9)2-5(8)6(4)10-11/h1-2H. The molecule has 1 aromatic rings. The van der Waals surface area contributed by atoms with Crippen molar-refractivity contribution in [3.8, 4) is 0 Å². The SMILES string of the molecule is O=Nc1c(Br)cc(F)cc1Br. The van der Waals surface area contributed by atoms with E-state index in [2.05, 4.69) is 37.0 Å². The summed E-state index contributed by atoms with van der Waals surface area (Å²) in [6, 6.07) is 2.36. The van der Waals surface area contributed by atoms with Crippen LogP contribution in [0, 0.1) is 10.7 Å². The lowest BCUT2D eigenvalue weighted by atomic mass is 10.3. The third kappa shape index (κ3) is 1.84. The second-order valence-corrected chi connectivity index (χ2v) is 3.52. The highest BCUT2D eigenvalue weighted by molar-refractivity contribution is 9.11. The largest absolute Gasteiger partial charge is 0.207 e. The van der Waals surface area contributed by atoms with E-state index < -0.39 is 5.82 Å². The molecule has 0 aliphatic rings. The maximum atomic E-state index is 12.5. The molecule has 0 unspecified atom stereocenters. The van der Waals surface area contributed by atoms with Crippen LogP contribution < -0.4 is 0 Å². The van der Waals surface area contributed by atoms with Gasteiger partial charge in [-0.05, 0) is 49.2 Å². The first kappa shape index (κ1) is 8.80. The van der Waals surface area contributed by atoms with Gasteiger partial charge in [0.1, 0.15) is 11.5 Å². The first-order valence-corrected chi connectivity index (χ1v) is 4.21. The first-order chi connectivity index (χ1) is 5.15. The zero-order valence-electron chi connectivity index (χ0n) is 5.14. The van der Waals surface area contributed by atoms with Crippen molar-refractivity contribution >= 4 is 37.5 Å². The maximum absolute atomic E-state index is 12.5. The van der Waals surface area contributed by atoms with Crippen molar-refractivity contribution in [1.29, 1.82) is 0 Å². The summed E-state index contributed by atoms with van der Waals surface area (Å²) in [6.07, 6.45) is 0. The highest BCUT2D eigenvalue weighted by Crippen LogP contribution is 2.33. The average Bonchev–Trinajstić information content (AvgIpc) is 1.85. The van der Waals surface area contributed by atoms with Gasteiger partial charge in [0.25, 0.3) is 0 Å². The normalized spacial score (nSPS) is 9.73. The molecule has 0 spiro atoms. The Morgan fingerprint density at radius 1 is 1.27 bits per heavy atom. The lowest BCUT2D eigenvalue weighted by Crippen LogP contribution is -1.76. The van der Waals surface area contributed by atoms with Crippen LogP contribution in [-0.4, -0.2) is 0 Å². The van der Waals surface area contributed by atoms with Crippen molar-refractivity contribution in [1.82, 2.24) is 0 Å². The fraction of sp³-hybridized carbons (Fsp3) is 0. The second-order valence-electron chi connectivity index (χ2n) is 1.81. The number of benzene rings is 1. The highest BCUT2D eigenvalue weighted by atomic mass is 79.9. The molecule has 0 saturated carbocycles. The molecule has 0 saturated heterocycles. The van der Waals surface area contributed by atoms with Gasteiger partial charge in [-0.3, -0.25) is 0 Å². The lowest BCUT2D eigenvalue weighted by Gasteiger charge is -1.97. The number of hydrogen-bond donors (Lipinski definition) is 0. The molecule has 0 aliphatic heterocycles. The molecule has 0 amide bonds. The van der Waals surface area contributed by atoms with Gasteiger partial charge in [0, 0.05) is 0 Å². The van der Waals surface area contributed by atoms with Crippen molar-refractivity contribution in [2.75, 3.05) is 0 Å². The van der Waals surface area contributed by atoms with E-state index in [0.717, 1.165) is 0 Å². The number of nitroso groups, excluding NO2 is 1. The number of nitrogens with zero attached hydrogens (tertiary/aromatic N) is 1. The van der Waals surface area contributed by atoms with Crippen LogP contribution >= 0.6 is 31.9 Å². The van der Waals surface area contributed by atoms with Gasteiger partial charge < -0.3 is 0 Å². The third-order valence-electron chi connectivity index (χ3n) is 1.07. The van der Waals surface area contributed by atoms with Gasteiger partial charge in [-0.2, -0.15) is 0 Å². The average molecular weight is 283 g/mol. The zero-order chi connectivity index (χ0) is 8.43. The van der Waals surface area contributed by atoms with E-state index in [0.29, 0.717) is 8.95 Å². The summed E-state index contributed by atoms with van der Waals surface area (Å²) in [5.74, 6) is -0.420. The van der Waals surface area contributed by atoms with E-state index in [9.17, 15) is 9.30 Å². The Balaban J connectivity index is 3.36. The first-order valence-electron chi connectivity index (χ1n) is 2.63. The van der Waals surface area contributed by atoms with Crippen LogP contribution in [0.2, 0.25) is 0 Å². The third-order valence-corrected chi connectivity index (χ3v) is 2.28. The van der Waals surface area contributed by atoms with Crippen molar-refractivity contribution in [3.05, 3.63) is 31.8 Å². The molecule has 0 fully saturated rings. The minimum Gasteiger partial charge on any atom is -0.207 e. The number of rotatable bonds is 1. The molecule has 0 heterocycles. The summed E-state index contributed by atoms with van der Waals surface area (Å²) in [5, 5.41) is 2.70. The molecule has 11 heavy (non-hydrogen) atoms. The molecule has 1 rings (SSSR count). The van der Waals surface area contributed by atoms with Gasteiger partial charge in [-0.25, -0.2) is 4.39 Å². The fourth-order valence-electron chi connectivity index (χ4n) is 0.622. The van der Waals surface area contributed by atoms with Gasteiger partial charge in [0.15, 0.2) is 0 Å². The van der Waals surface area contributed by atoms with E-state index in [4.69, 9.17) is 0 Å². The van der Waals surface area contributed by atoms with E-state index in [1.807, 2.05) is 0 Å². The molecule has 5 heteroatoms. The quantitative estimate of drug-likeness (QED) is 0.722. The minimum atomic E-state index is -0.420. The Labute approximate surface area is 79.0 Å².